The van der Waals surface area contributed by atoms with Crippen molar-refractivity contribution in [3.05, 3.63) is 48.5 Å². The molecule has 4 heterocycles. The van der Waals surface area contributed by atoms with E-state index in [9.17, 15) is 5.11 Å². The molecule has 138 valence electrons. The SMILES string of the molecule is Cn1c(CCn2cc3nccc(NC4COC4)c3c2O)nc2ccccc21. The molecule has 4 aromatic rings. The summed E-state index contributed by atoms with van der Waals surface area (Å²) in [4.78, 5) is 9.12. The highest BCUT2D eigenvalue weighted by atomic mass is 16.5. The van der Waals surface area contributed by atoms with Gasteiger partial charge in [0.1, 0.15) is 5.82 Å². The van der Waals surface area contributed by atoms with Crippen molar-refractivity contribution in [2.75, 3.05) is 18.5 Å². The summed E-state index contributed by atoms with van der Waals surface area (Å²) in [5.41, 5.74) is 3.79. The zero-order valence-corrected chi connectivity index (χ0v) is 15.1. The van der Waals surface area contributed by atoms with E-state index in [-0.39, 0.29) is 5.88 Å². The average molecular weight is 363 g/mol. The number of imidazole rings is 1. The van der Waals surface area contributed by atoms with Crippen LogP contribution < -0.4 is 5.32 Å². The highest BCUT2D eigenvalue weighted by molar-refractivity contribution is 5.96. The van der Waals surface area contributed by atoms with Gasteiger partial charge in [-0.2, -0.15) is 0 Å². The minimum Gasteiger partial charge on any atom is -0.494 e. The van der Waals surface area contributed by atoms with Gasteiger partial charge in [-0.15, -0.1) is 0 Å². The van der Waals surface area contributed by atoms with Gasteiger partial charge in [0.25, 0.3) is 0 Å². The molecule has 1 aromatic carbocycles. The molecule has 0 spiro atoms. The molecule has 7 heteroatoms. The number of anilines is 1. The summed E-state index contributed by atoms with van der Waals surface area (Å²) in [6.07, 6.45) is 4.38. The molecule has 2 N–H and O–H groups in total. The van der Waals surface area contributed by atoms with E-state index >= 15 is 0 Å². The first kappa shape index (κ1) is 16.1. The second-order valence-electron chi connectivity index (χ2n) is 6.97. The zero-order valence-electron chi connectivity index (χ0n) is 15.1. The van der Waals surface area contributed by atoms with E-state index in [1.54, 1.807) is 6.20 Å². The smallest absolute Gasteiger partial charge is 0.202 e. The molecule has 0 unspecified atom stereocenters. The van der Waals surface area contributed by atoms with Crippen LogP contribution in [0.15, 0.2) is 42.7 Å². The number of ether oxygens (including phenoxy) is 1. The van der Waals surface area contributed by atoms with E-state index in [2.05, 4.69) is 20.9 Å². The Labute approximate surface area is 156 Å². The number of aryl methyl sites for hydroxylation is 3. The molecule has 7 nitrogen and oxygen atoms in total. The standard InChI is InChI=1S/C20H21N5O2/c1-24-17-5-3-2-4-14(17)23-18(24)7-9-25-10-16-19(20(25)26)15(6-8-21-16)22-13-11-27-12-13/h2-6,8,10,13,22,26H,7,9,11-12H2,1H3. The molecular formula is C20H21N5O2. The topological polar surface area (TPSA) is 77.1 Å². The summed E-state index contributed by atoms with van der Waals surface area (Å²) in [7, 11) is 2.03. The quantitative estimate of drug-likeness (QED) is 0.570. The summed E-state index contributed by atoms with van der Waals surface area (Å²) in [5, 5.41) is 15.0. The van der Waals surface area contributed by atoms with Gasteiger partial charge in [0, 0.05) is 32.4 Å². The Balaban J connectivity index is 1.43. The molecule has 5 rings (SSSR count). The molecule has 0 amide bonds. The fourth-order valence-corrected chi connectivity index (χ4v) is 3.63. The number of pyridine rings is 1. The predicted octanol–water partition coefficient (Wildman–Crippen LogP) is 2.68. The maximum absolute atomic E-state index is 10.8. The van der Waals surface area contributed by atoms with E-state index in [0.29, 0.717) is 25.8 Å². The third kappa shape index (κ3) is 2.71. The third-order valence-corrected chi connectivity index (χ3v) is 5.21. The van der Waals surface area contributed by atoms with Crippen molar-refractivity contribution in [3.63, 3.8) is 0 Å². The van der Waals surface area contributed by atoms with Crippen molar-refractivity contribution < 1.29 is 9.84 Å². The highest BCUT2D eigenvalue weighted by Crippen LogP contribution is 2.33. The number of nitrogens with one attached hydrogen (secondary N) is 1. The number of fused-ring (bicyclic) bond motifs is 2. The van der Waals surface area contributed by atoms with Gasteiger partial charge in [0.05, 0.1) is 46.9 Å². The van der Waals surface area contributed by atoms with Crippen molar-refractivity contribution in [3.8, 4) is 5.88 Å². The van der Waals surface area contributed by atoms with Crippen molar-refractivity contribution in [2.45, 2.75) is 19.0 Å². The lowest BCUT2D eigenvalue weighted by atomic mass is 10.2. The lowest BCUT2D eigenvalue weighted by Crippen LogP contribution is -2.40. The number of aromatic hydroxyl groups is 1. The lowest BCUT2D eigenvalue weighted by molar-refractivity contribution is 0.0211. The van der Waals surface area contributed by atoms with Crippen molar-refractivity contribution >= 4 is 27.6 Å². The second-order valence-corrected chi connectivity index (χ2v) is 6.97. The lowest BCUT2D eigenvalue weighted by Gasteiger charge is -2.28. The average Bonchev–Trinajstić information content (AvgIpc) is 3.14. The number of hydrogen-bond donors (Lipinski definition) is 2. The van der Waals surface area contributed by atoms with Gasteiger partial charge in [-0.25, -0.2) is 4.98 Å². The number of hydrogen-bond acceptors (Lipinski definition) is 5. The Kier molecular flexibility index (Phi) is 3.75. The molecule has 1 saturated heterocycles. The van der Waals surface area contributed by atoms with Crippen molar-refractivity contribution in [2.24, 2.45) is 7.05 Å². The summed E-state index contributed by atoms with van der Waals surface area (Å²) in [6, 6.07) is 10.3. The van der Waals surface area contributed by atoms with Gasteiger partial charge in [-0.1, -0.05) is 12.1 Å². The first-order valence-corrected chi connectivity index (χ1v) is 9.12. The molecule has 1 fully saturated rings. The fraction of sp³-hybridized carbons (Fsp3) is 0.300. The second kappa shape index (κ2) is 6.28. The summed E-state index contributed by atoms with van der Waals surface area (Å²) in [6.45, 7) is 2.02. The molecule has 3 aromatic heterocycles. The molecule has 0 bridgehead atoms. The maximum atomic E-state index is 10.8. The first-order chi connectivity index (χ1) is 13.2. The first-order valence-electron chi connectivity index (χ1n) is 9.12. The molecule has 1 aliphatic rings. The molecule has 0 saturated carbocycles. The van der Waals surface area contributed by atoms with Crippen LogP contribution in [0.1, 0.15) is 5.82 Å². The van der Waals surface area contributed by atoms with Gasteiger partial charge in [0.15, 0.2) is 0 Å². The van der Waals surface area contributed by atoms with E-state index in [0.717, 1.165) is 39.9 Å². The van der Waals surface area contributed by atoms with E-state index in [1.807, 2.05) is 42.1 Å². The number of aromatic nitrogens is 4. The Hall–Kier alpha value is -3.06. The van der Waals surface area contributed by atoms with E-state index in [1.165, 1.54) is 0 Å². The minimum absolute atomic E-state index is 0.236. The van der Waals surface area contributed by atoms with Gasteiger partial charge in [-0.3, -0.25) is 4.98 Å². The van der Waals surface area contributed by atoms with Crippen molar-refractivity contribution in [1.29, 1.82) is 0 Å². The van der Waals surface area contributed by atoms with Gasteiger partial charge >= 0.3 is 0 Å². The van der Waals surface area contributed by atoms with Crippen LogP contribution in [0.5, 0.6) is 5.88 Å². The van der Waals surface area contributed by atoms with Crippen LogP contribution in [0.25, 0.3) is 21.9 Å². The number of benzene rings is 1. The van der Waals surface area contributed by atoms with Gasteiger partial charge < -0.3 is 24.3 Å². The molecular weight excluding hydrogens is 342 g/mol. The Morgan fingerprint density at radius 1 is 1.22 bits per heavy atom. The van der Waals surface area contributed by atoms with E-state index in [4.69, 9.17) is 9.72 Å². The number of nitrogens with zero attached hydrogens (tertiary/aromatic N) is 4. The van der Waals surface area contributed by atoms with Crippen LogP contribution in [-0.4, -0.2) is 43.5 Å². The Morgan fingerprint density at radius 2 is 2.07 bits per heavy atom. The molecule has 27 heavy (non-hydrogen) atoms. The van der Waals surface area contributed by atoms with Crippen LogP contribution in [0.2, 0.25) is 0 Å². The third-order valence-electron chi connectivity index (χ3n) is 5.21. The summed E-state index contributed by atoms with van der Waals surface area (Å²) in [5.74, 6) is 1.23. The minimum atomic E-state index is 0.236. The fourth-order valence-electron chi connectivity index (χ4n) is 3.63. The van der Waals surface area contributed by atoms with E-state index < -0.39 is 0 Å². The predicted molar refractivity (Wildman–Crippen MR) is 104 cm³/mol. The normalized spacial score (nSPS) is 14.7. The van der Waals surface area contributed by atoms with Crippen molar-refractivity contribution in [1.82, 2.24) is 19.1 Å². The van der Waals surface area contributed by atoms with Crippen LogP contribution >= 0.6 is 0 Å². The number of rotatable bonds is 5. The molecule has 0 aliphatic carbocycles. The molecule has 0 atom stereocenters. The van der Waals surface area contributed by atoms with Gasteiger partial charge in [0.2, 0.25) is 5.88 Å². The largest absolute Gasteiger partial charge is 0.494 e. The summed E-state index contributed by atoms with van der Waals surface area (Å²) >= 11 is 0. The highest BCUT2D eigenvalue weighted by Gasteiger charge is 2.21. The number of para-hydroxylation sites is 2. The Morgan fingerprint density at radius 3 is 2.85 bits per heavy atom. The van der Waals surface area contributed by atoms with Crippen LogP contribution in [-0.2, 0) is 24.8 Å². The molecule has 1 aliphatic heterocycles. The van der Waals surface area contributed by atoms with Crippen LogP contribution in [0.4, 0.5) is 5.69 Å². The molecule has 0 radical (unpaired) electrons. The summed E-state index contributed by atoms with van der Waals surface area (Å²) < 4.78 is 9.18. The van der Waals surface area contributed by atoms with Gasteiger partial charge in [-0.05, 0) is 18.2 Å². The maximum Gasteiger partial charge on any atom is 0.202 e. The van der Waals surface area contributed by atoms with Crippen LogP contribution in [0, 0.1) is 0 Å². The zero-order chi connectivity index (χ0) is 18.4. The monoisotopic (exact) mass is 363 g/mol. The van der Waals surface area contributed by atoms with Crippen LogP contribution in [0.3, 0.4) is 0 Å². The Bertz CT molecular complexity index is 1130.